The number of para-hydroxylation sites is 1. The predicted octanol–water partition coefficient (Wildman–Crippen LogP) is 3.11. The van der Waals surface area contributed by atoms with Gasteiger partial charge in [0, 0.05) is 12.2 Å². The first-order valence-electron chi connectivity index (χ1n) is 6.80. The van der Waals surface area contributed by atoms with Crippen molar-refractivity contribution in [3.05, 3.63) is 65.7 Å². The molecule has 0 saturated heterocycles. The van der Waals surface area contributed by atoms with Gasteiger partial charge in [0.05, 0.1) is 6.04 Å². The van der Waals surface area contributed by atoms with Crippen molar-refractivity contribution < 1.29 is 4.79 Å². The van der Waals surface area contributed by atoms with Gasteiger partial charge in [-0.25, -0.2) is 0 Å². The fraction of sp³-hybridized carbons (Fsp3) is 0.235. The maximum Gasteiger partial charge on any atom is 0.241 e. The van der Waals surface area contributed by atoms with Crippen molar-refractivity contribution in [2.75, 3.05) is 5.32 Å². The normalized spacial score (nSPS) is 11.9. The average molecular weight is 268 g/mol. The van der Waals surface area contributed by atoms with E-state index in [9.17, 15) is 4.79 Å². The molecule has 0 fully saturated rings. The third-order valence-corrected chi connectivity index (χ3v) is 3.29. The predicted molar refractivity (Wildman–Crippen MR) is 82.6 cm³/mol. The Balaban J connectivity index is 1.87. The molecule has 0 aliphatic carbocycles. The van der Waals surface area contributed by atoms with Crippen LogP contribution in [0.2, 0.25) is 0 Å². The summed E-state index contributed by atoms with van der Waals surface area (Å²) < 4.78 is 0. The van der Waals surface area contributed by atoms with E-state index < -0.39 is 0 Å². The van der Waals surface area contributed by atoms with Gasteiger partial charge in [-0.3, -0.25) is 4.79 Å². The quantitative estimate of drug-likeness (QED) is 0.875. The number of hydrogen-bond acceptors (Lipinski definition) is 2. The van der Waals surface area contributed by atoms with Gasteiger partial charge in [0.1, 0.15) is 0 Å². The zero-order chi connectivity index (χ0) is 14.4. The SMILES string of the molecule is Cc1ccccc1CNC(C)C(=O)Nc1ccccc1. The number of aryl methyl sites for hydroxylation is 1. The highest BCUT2D eigenvalue weighted by Gasteiger charge is 2.12. The zero-order valence-electron chi connectivity index (χ0n) is 11.9. The summed E-state index contributed by atoms with van der Waals surface area (Å²) >= 11 is 0. The Labute approximate surface area is 120 Å². The minimum atomic E-state index is -0.241. The van der Waals surface area contributed by atoms with Crippen LogP contribution in [0.1, 0.15) is 18.1 Å². The molecular weight excluding hydrogens is 248 g/mol. The number of anilines is 1. The number of amides is 1. The molecule has 2 rings (SSSR count). The second-order valence-electron chi connectivity index (χ2n) is 4.88. The van der Waals surface area contributed by atoms with E-state index in [0.717, 1.165) is 5.69 Å². The molecule has 104 valence electrons. The van der Waals surface area contributed by atoms with Crippen molar-refractivity contribution in [2.24, 2.45) is 0 Å². The summed E-state index contributed by atoms with van der Waals surface area (Å²) in [5.74, 6) is -0.0233. The molecule has 0 aliphatic rings. The Morgan fingerprint density at radius 2 is 1.70 bits per heavy atom. The summed E-state index contributed by atoms with van der Waals surface area (Å²) in [4.78, 5) is 12.0. The largest absolute Gasteiger partial charge is 0.325 e. The topological polar surface area (TPSA) is 41.1 Å². The lowest BCUT2D eigenvalue weighted by molar-refractivity contribution is -0.117. The first-order chi connectivity index (χ1) is 9.66. The summed E-state index contributed by atoms with van der Waals surface area (Å²) in [6.45, 7) is 4.64. The van der Waals surface area contributed by atoms with Crippen LogP contribution in [0.15, 0.2) is 54.6 Å². The van der Waals surface area contributed by atoms with E-state index >= 15 is 0 Å². The van der Waals surface area contributed by atoms with E-state index in [0.29, 0.717) is 6.54 Å². The van der Waals surface area contributed by atoms with Crippen LogP contribution in [0.3, 0.4) is 0 Å². The fourth-order valence-electron chi connectivity index (χ4n) is 1.94. The maximum absolute atomic E-state index is 12.0. The van der Waals surface area contributed by atoms with Gasteiger partial charge in [-0.1, -0.05) is 42.5 Å². The fourth-order valence-corrected chi connectivity index (χ4v) is 1.94. The second kappa shape index (κ2) is 6.87. The molecule has 20 heavy (non-hydrogen) atoms. The smallest absolute Gasteiger partial charge is 0.241 e. The molecule has 2 aromatic carbocycles. The van der Waals surface area contributed by atoms with Gasteiger partial charge in [-0.15, -0.1) is 0 Å². The molecule has 0 heterocycles. The Kier molecular flexibility index (Phi) is 4.91. The highest BCUT2D eigenvalue weighted by molar-refractivity contribution is 5.94. The van der Waals surface area contributed by atoms with E-state index in [1.54, 1.807) is 0 Å². The molecule has 3 heteroatoms. The standard InChI is InChI=1S/C17H20N2O/c1-13-8-6-7-9-15(13)12-18-14(2)17(20)19-16-10-4-3-5-11-16/h3-11,14,18H,12H2,1-2H3,(H,19,20). The van der Waals surface area contributed by atoms with Crippen LogP contribution in [0.25, 0.3) is 0 Å². The highest BCUT2D eigenvalue weighted by Crippen LogP contribution is 2.08. The van der Waals surface area contributed by atoms with Crippen LogP contribution in [-0.4, -0.2) is 11.9 Å². The molecule has 2 N–H and O–H groups in total. The molecule has 0 aliphatic heterocycles. The summed E-state index contributed by atoms with van der Waals surface area (Å²) in [6.07, 6.45) is 0. The van der Waals surface area contributed by atoms with E-state index in [1.807, 2.05) is 49.4 Å². The Morgan fingerprint density at radius 1 is 1.05 bits per heavy atom. The van der Waals surface area contributed by atoms with E-state index in [1.165, 1.54) is 11.1 Å². The van der Waals surface area contributed by atoms with Crippen molar-refractivity contribution in [2.45, 2.75) is 26.4 Å². The van der Waals surface area contributed by atoms with Crippen molar-refractivity contribution in [1.29, 1.82) is 0 Å². The maximum atomic E-state index is 12.0. The van der Waals surface area contributed by atoms with Crippen LogP contribution >= 0.6 is 0 Å². The molecule has 0 aromatic heterocycles. The summed E-state index contributed by atoms with van der Waals surface area (Å²) in [7, 11) is 0. The number of carbonyl (C=O) groups excluding carboxylic acids is 1. The van der Waals surface area contributed by atoms with Gasteiger partial charge in [0.25, 0.3) is 0 Å². The summed E-state index contributed by atoms with van der Waals surface area (Å²) in [5, 5.41) is 6.14. The summed E-state index contributed by atoms with van der Waals surface area (Å²) in [6, 6.07) is 17.4. The number of benzene rings is 2. The molecule has 2 aromatic rings. The lowest BCUT2D eigenvalue weighted by Crippen LogP contribution is -2.37. The van der Waals surface area contributed by atoms with Gasteiger partial charge in [-0.2, -0.15) is 0 Å². The van der Waals surface area contributed by atoms with Crippen molar-refractivity contribution in [3.8, 4) is 0 Å². The van der Waals surface area contributed by atoms with E-state index in [2.05, 4.69) is 29.7 Å². The molecule has 1 amide bonds. The van der Waals surface area contributed by atoms with E-state index in [4.69, 9.17) is 0 Å². The van der Waals surface area contributed by atoms with Gasteiger partial charge in [0.15, 0.2) is 0 Å². The first-order valence-corrected chi connectivity index (χ1v) is 6.80. The molecule has 1 atom stereocenters. The van der Waals surface area contributed by atoms with Crippen LogP contribution in [0, 0.1) is 6.92 Å². The number of hydrogen-bond donors (Lipinski definition) is 2. The molecule has 0 spiro atoms. The van der Waals surface area contributed by atoms with E-state index in [-0.39, 0.29) is 11.9 Å². The molecule has 1 unspecified atom stereocenters. The minimum absolute atomic E-state index is 0.0233. The van der Waals surface area contributed by atoms with Crippen molar-refractivity contribution in [3.63, 3.8) is 0 Å². The summed E-state index contributed by atoms with van der Waals surface area (Å²) in [5.41, 5.74) is 3.27. The number of nitrogens with one attached hydrogen (secondary N) is 2. The Morgan fingerprint density at radius 3 is 2.40 bits per heavy atom. The molecular formula is C17H20N2O. The molecule has 0 bridgehead atoms. The van der Waals surface area contributed by atoms with Gasteiger partial charge < -0.3 is 10.6 Å². The second-order valence-corrected chi connectivity index (χ2v) is 4.88. The molecule has 3 nitrogen and oxygen atoms in total. The Hall–Kier alpha value is -2.13. The Bertz CT molecular complexity index is 566. The van der Waals surface area contributed by atoms with Gasteiger partial charge in [0.2, 0.25) is 5.91 Å². The molecule has 0 radical (unpaired) electrons. The first kappa shape index (κ1) is 14.3. The average Bonchev–Trinajstić information content (AvgIpc) is 2.47. The monoisotopic (exact) mass is 268 g/mol. The van der Waals surface area contributed by atoms with Crippen LogP contribution < -0.4 is 10.6 Å². The lowest BCUT2D eigenvalue weighted by atomic mass is 10.1. The molecule has 0 saturated carbocycles. The van der Waals surface area contributed by atoms with Gasteiger partial charge in [-0.05, 0) is 37.1 Å². The highest BCUT2D eigenvalue weighted by atomic mass is 16.2. The lowest BCUT2D eigenvalue weighted by Gasteiger charge is -2.15. The third kappa shape index (κ3) is 3.93. The number of rotatable bonds is 5. The van der Waals surface area contributed by atoms with Crippen LogP contribution in [-0.2, 0) is 11.3 Å². The van der Waals surface area contributed by atoms with Gasteiger partial charge >= 0.3 is 0 Å². The van der Waals surface area contributed by atoms with Crippen LogP contribution in [0.4, 0.5) is 5.69 Å². The zero-order valence-corrected chi connectivity index (χ0v) is 11.9. The van der Waals surface area contributed by atoms with Crippen LogP contribution in [0.5, 0.6) is 0 Å². The van der Waals surface area contributed by atoms with Crippen molar-refractivity contribution >= 4 is 11.6 Å². The third-order valence-electron chi connectivity index (χ3n) is 3.29. The number of carbonyl (C=O) groups is 1. The van der Waals surface area contributed by atoms with Crippen molar-refractivity contribution in [1.82, 2.24) is 5.32 Å². The minimum Gasteiger partial charge on any atom is -0.325 e.